The van der Waals surface area contributed by atoms with Gasteiger partial charge in [-0.15, -0.1) is 0 Å². The molecule has 0 aliphatic carbocycles. The average Bonchev–Trinajstić information content (AvgIpc) is 2.13. The quantitative estimate of drug-likeness (QED) is 0.253. The highest BCUT2D eigenvalue weighted by atomic mass is 35.5. The van der Waals surface area contributed by atoms with Crippen molar-refractivity contribution in [2.75, 3.05) is 27.9 Å². The van der Waals surface area contributed by atoms with E-state index in [4.69, 9.17) is 4.74 Å². The Morgan fingerprint density at radius 3 is 2.12 bits per heavy atom. The number of hydrogen-bond acceptors (Lipinski definition) is 2. The fraction of sp³-hybridized carbons (Fsp3) is 0.917. The maximum atomic E-state index is 11.3. The highest BCUT2D eigenvalue weighted by Crippen LogP contribution is 2.06. The number of nitrogens with zero attached hydrogens (tertiary/aromatic N) is 1. The van der Waals surface area contributed by atoms with Crippen molar-refractivity contribution in [3.05, 3.63) is 0 Å². The van der Waals surface area contributed by atoms with Crippen molar-refractivity contribution in [1.29, 1.82) is 0 Å². The van der Waals surface area contributed by atoms with Gasteiger partial charge in [0.25, 0.3) is 0 Å². The van der Waals surface area contributed by atoms with Crippen molar-refractivity contribution in [1.82, 2.24) is 0 Å². The van der Waals surface area contributed by atoms with E-state index in [1.165, 1.54) is 19.3 Å². The molecular formula is C12H26ClNO2. The number of rotatable bonds is 8. The minimum atomic E-state index is -0.0560. The first-order valence-corrected chi connectivity index (χ1v) is 5.92. The van der Waals surface area contributed by atoms with E-state index in [1.54, 1.807) is 0 Å². The van der Waals surface area contributed by atoms with Gasteiger partial charge in [0.05, 0.1) is 21.1 Å². The Hall–Kier alpha value is -0.280. The Morgan fingerprint density at radius 2 is 1.62 bits per heavy atom. The van der Waals surface area contributed by atoms with Crippen LogP contribution in [-0.2, 0) is 9.53 Å². The van der Waals surface area contributed by atoms with Crippen LogP contribution in [0.25, 0.3) is 0 Å². The van der Waals surface area contributed by atoms with Crippen LogP contribution in [0.5, 0.6) is 0 Å². The van der Waals surface area contributed by atoms with Crippen molar-refractivity contribution in [2.24, 2.45) is 0 Å². The first-order chi connectivity index (χ1) is 6.95. The highest BCUT2D eigenvalue weighted by Gasteiger charge is 2.10. The maximum absolute atomic E-state index is 11.3. The molecule has 0 aliphatic heterocycles. The third-order valence-electron chi connectivity index (χ3n) is 2.10. The van der Waals surface area contributed by atoms with E-state index in [0.717, 1.165) is 12.8 Å². The van der Waals surface area contributed by atoms with Crippen molar-refractivity contribution >= 4 is 5.97 Å². The number of carbonyl (C=O) groups excluding carboxylic acids is 1. The van der Waals surface area contributed by atoms with E-state index in [-0.39, 0.29) is 18.4 Å². The maximum Gasteiger partial charge on any atom is 0.310 e. The summed E-state index contributed by atoms with van der Waals surface area (Å²) in [4.78, 5) is 11.3. The van der Waals surface area contributed by atoms with E-state index in [1.807, 2.05) is 21.1 Å². The lowest BCUT2D eigenvalue weighted by atomic mass is 10.1. The summed E-state index contributed by atoms with van der Waals surface area (Å²) in [5, 5.41) is 0. The van der Waals surface area contributed by atoms with Crippen LogP contribution < -0.4 is 12.4 Å². The average molecular weight is 252 g/mol. The molecule has 0 aliphatic rings. The minimum Gasteiger partial charge on any atom is -1.00 e. The Balaban J connectivity index is 0. The number of unbranched alkanes of at least 4 members (excludes halogenated alkanes) is 4. The summed E-state index contributed by atoms with van der Waals surface area (Å²) < 4.78 is 5.81. The number of halogens is 1. The molecular weight excluding hydrogens is 226 g/mol. The van der Waals surface area contributed by atoms with Crippen LogP contribution >= 0.6 is 0 Å². The molecule has 4 heteroatoms. The fourth-order valence-corrected chi connectivity index (χ4v) is 1.21. The van der Waals surface area contributed by atoms with Gasteiger partial charge < -0.3 is 17.1 Å². The molecule has 0 atom stereocenters. The SMILES string of the molecule is CCCCCCCC(=O)OC[N+](C)(C)C.[Cl-]. The molecule has 0 saturated carbocycles. The topological polar surface area (TPSA) is 26.3 Å². The Labute approximate surface area is 106 Å². The van der Waals surface area contributed by atoms with Crippen LogP contribution in [0, 0.1) is 0 Å². The summed E-state index contributed by atoms with van der Waals surface area (Å²) >= 11 is 0. The predicted molar refractivity (Wildman–Crippen MR) is 62.4 cm³/mol. The van der Waals surface area contributed by atoms with E-state index >= 15 is 0 Å². The lowest BCUT2D eigenvalue weighted by molar-refractivity contribution is -0.888. The molecule has 3 nitrogen and oxygen atoms in total. The summed E-state index contributed by atoms with van der Waals surface area (Å²) in [6, 6.07) is 0. The molecule has 16 heavy (non-hydrogen) atoms. The second-order valence-corrected chi connectivity index (χ2v) is 5.10. The molecule has 0 rings (SSSR count). The van der Waals surface area contributed by atoms with Gasteiger partial charge in [-0.05, 0) is 6.42 Å². The standard InChI is InChI=1S/C12H26NO2.ClH/c1-5-6-7-8-9-10-12(14)15-11-13(2,3)4;/h5-11H2,1-4H3;1H/q+1;/p-1. The summed E-state index contributed by atoms with van der Waals surface area (Å²) in [5.74, 6) is -0.0560. The van der Waals surface area contributed by atoms with E-state index in [0.29, 0.717) is 17.6 Å². The molecule has 0 saturated heterocycles. The van der Waals surface area contributed by atoms with Crippen LogP contribution in [-0.4, -0.2) is 38.3 Å². The van der Waals surface area contributed by atoms with Crippen molar-refractivity contribution in [3.8, 4) is 0 Å². The molecule has 0 unspecified atom stereocenters. The van der Waals surface area contributed by atoms with Gasteiger partial charge in [0.1, 0.15) is 0 Å². The van der Waals surface area contributed by atoms with Crippen molar-refractivity contribution < 1.29 is 26.4 Å². The van der Waals surface area contributed by atoms with Gasteiger partial charge in [0, 0.05) is 6.42 Å². The van der Waals surface area contributed by atoms with Gasteiger partial charge in [-0.2, -0.15) is 0 Å². The van der Waals surface area contributed by atoms with Gasteiger partial charge in [-0.3, -0.25) is 9.28 Å². The molecule has 0 heterocycles. The third kappa shape index (κ3) is 13.7. The third-order valence-corrected chi connectivity index (χ3v) is 2.10. The molecule has 98 valence electrons. The summed E-state index contributed by atoms with van der Waals surface area (Å²) in [7, 11) is 6.03. The largest absolute Gasteiger partial charge is 1.00 e. The van der Waals surface area contributed by atoms with Crippen LogP contribution in [0.1, 0.15) is 45.4 Å². The second kappa shape index (κ2) is 9.91. The molecule has 0 bridgehead atoms. The predicted octanol–water partition coefficient (Wildman–Crippen LogP) is -0.442. The minimum absolute atomic E-state index is 0. The highest BCUT2D eigenvalue weighted by molar-refractivity contribution is 5.69. The fourth-order valence-electron chi connectivity index (χ4n) is 1.21. The van der Waals surface area contributed by atoms with Gasteiger partial charge in [-0.25, -0.2) is 0 Å². The first-order valence-electron chi connectivity index (χ1n) is 5.92. The van der Waals surface area contributed by atoms with Gasteiger partial charge in [0.2, 0.25) is 6.73 Å². The number of ether oxygens (including phenoxy) is 1. The summed E-state index contributed by atoms with van der Waals surface area (Å²) in [6.45, 7) is 2.66. The monoisotopic (exact) mass is 251 g/mol. The lowest BCUT2D eigenvalue weighted by Crippen LogP contribution is -3.00. The lowest BCUT2D eigenvalue weighted by Gasteiger charge is -2.22. The zero-order valence-electron chi connectivity index (χ0n) is 11.1. The molecule has 0 fully saturated rings. The number of carbonyl (C=O) groups is 1. The summed E-state index contributed by atoms with van der Waals surface area (Å²) in [5.41, 5.74) is 0. The molecule has 0 aromatic heterocycles. The molecule has 0 spiro atoms. The number of hydrogen-bond donors (Lipinski definition) is 0. The number of quaternary nitrogens is 1. The zero-order chi connectivity index (χ0) is 11.7. The molecule has 0 radical (unpaired) electrons. The van der Waals surface area contributed by atoms with E-state index in [9.17, 15) is 4.79 Å². The first kappa shape index (κ1) is 18.1. The molecule has 0 aromatic carbocycles. The van der Waals surface area contributed by atoms with Crippen LogP contribution in [0.4, 0.5) is 0 Å². The van der Waals surface area contributed by atoms with Gasteiger partial charge in [-0.1, -0.05) is 32.6 Å². The van der Waals surface area contributed by atoms with E-state index in [2.05, 4.69) is 6.92 Å². The summed E-state index contributed by atoms with van der Waals surface area (Å²) in [6.07, 6.45) is 6.44. The Kier molecular flexibility index (Phi) is 11.2. The molecule has 0 N–H and O–H groups in total. The van der Waals surface area contributed by atoms with Crippen molar-refractivity contribution in [3.63, 3.8) is 0 Å². The van der Waals surface area contributed by atoms with Gasteiger partial charge in [0.15, 0.2) is 0 Å². The smallest absolute Gasteiger partial charge is 0.310 e. The molecule has 0 amide bonds. The normalized spacial score (nSPS) is 10.8. The van der Waals surface area contributed by atoms with Crippen LogP contribution in [0.2, 0.25) is 0 Å². The van der Waals surface area contributed by atoms with Crippen LogP contribution in [0.3, 0.4) is 0 Å². The zero-order valence-corrected chi connectivity index (χ0v) is 11.8. The molecule has 0 aromatic rings. The van der Waals surface area contributed by atoms with Crippen molar-refractivity contribution in [2.45, 2.75) is 45.4 Å². The Morgan fingerprint density at radius 1 is 1.06 bits per heavy atom. The second-order valence-electron chi connectivity index (χ2n) is 5.10. The van der Waals surface area contributed by atoms with Gasteiger partial charge >= 0.3 is 5.97 Å². The van der Waals surface area contributed by atoms with Crippen LogP contribution in [0.15, 0.2) is 0 Å². The van der Waals surface area contributed by atoms with E-state index < -0.39 is 0 Å². The Bertz CT molecular complexity index is 178. The number of esters is 1.